The molecule has 2 aliphatic rings. The quantitative estimate of drug-likeness (QED) is 0.101. The first-order valence-corrected chi connectivity index (χ1v) is 14.7. The Balaban J connectivity index is 1.33. The molecular formula is C31H42O16. The lowest BCUT2D eigenvalue weighted by atomic mass is 9.99. The largest absolute Gasteiger partial charge is 0.504 e. The molecule has 9 N–H and O–H groups in total. The average Bonchev–Trinajstić information content (AvgIpc) is 3.37. The summed E-state index contributed by atoms with van der Waals surface area (Å²) in [6, 6.07) is 9.16. The molecule has 2 aromatic carbocycles. The van der Waals surface area contributed by atoms with Crippen LogP contribution in [0, 0.1) is 0 Å². The molecule has 16 heteroatoms. The van der Waals surface area contributed by atoms with Gasteiger partial charge in [-0.15, -0.1) is 0 Å². The van der Waals surface area contributed by atoms with Gasteiger partial charge in [0.05, 0.1) is 47.3 Å². The maximum absolute atomic E-state index is 10.8. The van der Waals surface area contributed by atoms with Crippen molar-refractivity contribution >= 4 is 6.08 Å². The minimum atomic E-state index is -1.91. The van der Waals surface area contributed by atoms with Gasteiger partial charge in [0.1, 0.15) is 42.2 Å². The molecule has 0 amide bonds. The van der Waals surface area contributed by atoms with Crippen LogP contribution < -0.4 is 14.2 Å². The molecule has 2 aliphatic heterocycles. The smallest absolute Gasteiger partial charge is 0.187 e. The average molecular weight is 671 g/mol. The zero-order valence-electron chi connectivity index (χ0n) is 25.7. The second-order valence-corrected chi connectivity index (χ2v) is 11.1. The van der Waals surface area contributed by atoms with Gasteiger partial charge in [0.2, 0.25) is 0 Å². The van der Waals surface area contributed by atoms with Crippen molar-refractivity contribution < 1.29 is 79.1 Å². The summed E-state index contributed by atoms with van der Waals surface area (Å²) in [7, 11) is 2.79. The number of aliphatic hydroxyl groups excluding tert-OH is 7. The molecule has 0 radical (unpaired) electrons. The first-order valence-electron chi connectivity index (χ1n) is 14.7. The van der Waals surface area contributed by atoms with Gasteiger partial charge < -0.3 is 79.1 Å². The Labute approximate surface area is 270 Å². The molecule has 2 heterocycles. The van der Waals surface area contributed by atoms with Crippen molar-refractivity contribution in [3.63, 3.8) is 0 Å². The van der Waals surface area contributed by atoms with Gasteiger partial charge in [-0.2, -0.15) is 0 Å². The van der Waals surface area contributed by atoms with E-state index >= 15 is 0 Å². The highest BCUT2D eigenvalue weighted by atomic mass is 16.7. The number of hydrogen-bond acceptors (Lipinski definition) is 16. The molecule has 10 atom stereocenters. The van der Waals surface area contributed by atoms with Crippen molar-refractivity contribution in [3.8, 4) is 23.0 Å². The molecule has 47 heavy (non-hydrogen) atoms. The fourth-order valence-corrected chi connectivity index (χ4v) is 4.99. The Bertz CT molecular complexity index is 1320. The van der Waals surface area contributed by atoms with Gasteiger partial charge in [0.15, 0.2) is 41.7 Å². The zero-order chi connectivity index (χ0) is 34.3. The van der Waals surface area contributed by atoms with Gasteiger partial charge >= 0.3 is 0 Å². The Morgan fingerprint density at radius 3 is 2.32 bits per heavy atom. The van der Waals surface area contributed by atoms with Crippen molar-refractivity contribution in [1.82, 2.24) is 0 Å². The van der Waals surface area contributed by atoms with Crippen LogP contribution in [0.2, 0.25) is 0 Å². The summed E-state index contributed by atoms with van der Waals surface area (Å²) in [4.78, 5) is 0. The zero-order valence-corrected chi connectivity index (χ0v) is 25.7. The Kier molecular flexibility index (Phi) is 12.8. The van der Waals surface area contributed by atoms with Crippen LogP contribution in [0.1, 0.15) is 17.2 Å². The lowest BCUT2D eigenvalue weighted by molar-refractivity contribution is -0.307. The van der Waals surface area contributed by atoms with Gasteiger partial charge in [-0.1, -0.05) is 24.3 Å². The van der Waals surface area contributed by atoms with Gasteiger partial charge in [-0.05, 0) is 35.4 Å². The molecule has 2 saturated heterocycles. The van der Waals surface area contributed by atoms with Crippen LogP contribution >= 0.6 is 0 Å². The molecular weight excluding hydrogens is 628 g/mol. The van der Waals surface area contributed by atoms with Gasteiger partial charge in [0.25, 0.3) is 0 Å². The third-order valence-corrected chi connectivity index (χ3v) is 7.88. The van der Waals surface area contributed by atoms with Crippen molar-refractivity contribution in [1.29, 1.82) is 0 Å². The molecule has 0 aliphatic carbocycles. The Morgan fingerprint density at radius 2 is 1.66 bits per heavy atom. The van der Waals surface area contributed by atoms with Crippen LogP contribution in [0.15, 0.2) is 42.5 Å². The van der Waals surface area contributed by atoms with E-state index in [0.717, 1.165) is 0 Å². The van der Waals surface area contributed by atoms with Crippen LogP contribution in [0.4, 0.5) is 0 Å². The summed E-state index contributed by atoms with van der Waals surface area (Å²) in [6.07, 6.45) is -9.39. The molecule has 0 spiro atoms. The fraction of sp³-hybridized carbons (Fsp3) is 0.548. The van der Waals surface area contributed by atoms with E-state index in [9.17, 15) is 46.0 Å². The molecule has 0 saturated carbocycles. The van der Waals surface area contributed by atoms with E-state index in [4.69, 9.17) is 33.2 Å². The highest BCUT2D eigenvalue weighted by Crippen LogP contribution is 2.34. The van der Waals surface area contributed by atoms with Crippen LogP contribution in [0.3, 0.4) is 0 Å². The number of aromatic hydroxyl groups is 1. The standard InChI is InChI=1S/C31H42O16/c1-41-20-11-17(6-7-18(20)34)24(35)22(12-32)46-19-8-5-16(10-21(19)42-2)4-3-9-43-29-27(38)26(37)25(36)23(47-29)13-44-30-28(39)31(40,14-33)15-45-30/h3-8,10-11,22-30,32-40H,9,12-15H2,1-2H3/t22-,23-,24-,25-,26+,27-,28+,29-,30-,31-/m1/s1. The van der Waals surface area contributed by atoms with Crippen molar-refractivity contribution in [2.24, 2.45) is 0 Å². The molecule has 16 nitrogen and oxygen atoms in total. The minimum Gasteiger partial charge on any atom is -0.504 e. The van der Waals surface area contributed by atoms with Crippen LogP contribution in [0.5, 0.6) is 23.0 Å². The van der Waals surface area contributed by atoms with E-state index in [1.54, 1.807) is 30.4 Å². The molecule has 2 aromatic rings. The van der Waals surface area contributed by atoms with Crippen molar-refractivity contribution in [3.05, 3.63) is 53.6 Å². The maximum Gasteiger partial charge on any atom is 0.187 e. The van der Waals surface area contributed by atoms with Gasteiger partial charge in [-0.3, -0.25) is 0 Å². The number of methoxy groups -OCH3 is 2. The van der Waals surface area contributed by atoms with Crippen molar-refractivity contribution in [2.75, 3.05) is 47.3 Å². The number of ether oxygens (including phenoxy) is 7. The molecule has 2 fully saturated rings. The third kappa shape index (κ3) is 8.50. The molecule has 4 rings (SSSR count). The van der Waals surface area contributed by atoms with Crippen molar-refractivity contribution in [2.45, 2.75) is 60.9 Å². The fourth-order valence-electron chi connectivity index (χ4n) is 4.99. The first kappa shape index (κ1) is 36.7. The molecule has 0 aromatic heterocycles. The number of hydrogen-bond donors (Lipinski definition) is 9. The first-order chi connectivity index (χ1) is 22.5. The summed E-state index contributed by atoms with van der Waals surface area (Å²) in [5.74, 6) is 0.574. The van der Waals surface area contributed by atoms with E-state index in [1.165, 1.54) is 32.4 Å². The van der Waals surface area contributed by atoms with Gasteiger partial charge in [-0.25, -0.2) is 0 Å². The Morgan fingerprint density at radius 1 is 0.915 bits per heavy atom. The molecule has 0 bridgehead atoms. The Hall–Kier alpha value is -3.10. The number of phenolic OH excluding ortho intramolecular Hbond substituents is 1. The number of rotatable bonds is 15. The summed E-state index contributed by atoms with van der Waals surface area (Å²) >= 11 is 0. The summed E-state index contributed by atoms with van der Waals surface area (Å²) in [6.45, 7) is -2.18. The lowest BCUT2D eigenvalue weighted by Crippen LogP contribution is -2.59. The van der Waals surface area contributed by atoms with E-state index in [2.05, 4.69) is 0 Å². The summed E-state index contributed by atoms with van der Waals surface area (Å²) in [5, 5.41) is 91.1. The van der Waals surface area contributed by atoms with Crippen LogP contribution in [0.25, 0.3) is 6.08 Å². The minimum absolute atomic E-state index is 0.0957. The monoisotopic (exact) mass is 670 g/mol. The normalized spacial score (nSPS) is 30.7. The van der Waals surface area contributed by atoms with Crippen LogP contribution in [-0.2, 0) is 18.9 Å². The summed E-state index contributed by atoms with van der Waals surface area (Å²) in [5.41, 5.74) is -0.912. The van der Waals surface area contributed by atoms with Gasteiger partial charge in [0, 0.05) is 0 Å². The van der Waals surface area contributed by atoms with Crippen LogP contribution in [-0.4, -0.2) is 148 Å². The van der Waals surface area contributed by atoms with E-state index in [1.807, 2.05) is 0 Å². The topological polar surface area (TPSA) is 247 Å². The number of benzene rings is 2. The van der Waals surface area contributed by atoms with E-state index in [-0.39, 0.29) is 30.5 Å². The van der Waals surface area contributed by atoms with E-state index < -0.39 is 80.7 Å². The highest BCUT2D eigenvalue weighted by Gasteiger charge is 2.50. The maximum atomic E-state index is 10.8. The molecule has 0 unspecified atom stereocenters. The summed E-state index contributed by atoms with van der Waals surface area (Å²) < 4.78 is 38.1. The molecule has 262 valence electrons. The lowest BCUT2D eigenvalue weighted by Gasteiger charge is -2.40. The number of aliphatic hydroxyl groups is 8. The SMILES string of the molecule is COc1cc([C@@H](O)[C@@H](CO)Oc2ccc(C=CCO[C@@H]3O[C@H](CO[C@@H]4OC[C@](O)(CO)[C@H]4O)[C@@H](O)[C@H](O)[C@H]3O)cc2OC)ccc1O. The van der Waals surface area contributed by atoms with E-state index in [0.29, 0.717) is 16.9 Å². The predicted molar refractivity (Wildman–Crippen MR) is 160 cm³/mol. The third-order valence-electron chi connectivity index (χ3n) is 7.88. The second-order valence-electron chi connectivity index (χ2n) is 11.1. The number of phenols is 1. The highest BCUT2D eigenvalue weighted by molar-refractivity contribution is 5.56. The predicted octanol–water partition coefficient (Wildman–Crippen LogP) is -1.82. The second kappa shape index (κ2) is 16.3.